The van der Waals surface area contributed by atoms with Crippen LogP contribution in [0.2, 0.25) is 0 Å². The zero-order valence-corrected chi connectivity index (χ0v) is 18.7. The lowest BCUT2D eigenvalue weighted by atomic mass is 9.91. The normalized spacial score (nSPS) is 12.6. The lowest BCUT2D eigenvalue weighted by Crippen LogP contribution is -2.53. The minimum absolute atomic E-state index is 0.143. The predicted molar refractivity (Wildman–Crippen MR) is 115 cm³/mol. The summed E-state index contributed by atoms with van der Waals surface area (Å²) in [4.78, 5) is 17.0. The zero-order chi connectivity index (χ0) is 26.0. The molecule has 35 heavy (non-hydrogen) atoms. The van der Waals surface area contributed by atoms with E-state index in [9.17, 15) is 36.2 Å². The molecule has 0 aliphatic heterocycles. The molecular weight excluding hydrogens is 478 g/mol. The molecule has 1 heterocycles. The Labute approximate surface area is 196 Å². The third-order valence-electron chi connectivity index (χ3n) is 5.49. The minimum atomic E-state index is -5.94. The molecule has 0 radical (unpaired) electrons. The van der Waals surface area contributed by atoms with Gasteiger partial charge in [0.25, 0.3) is 5.60 Å². The van der Waals surface area contributed by atoms with Crippen molar-refractivity contribution < 1.29 is 36.2 Å². The number of aromatic amines is 1. The van der Waals surface area contributed by atoms with E-state index in [-0.39, 0.29) is 13.0 Å². The van der Waals surface area contributed by atoms with E-state index in [4.69, 9.17) is 0 Å². The molecule has 188 valence electrons. The van der Waals surface area contributed by atoms with Gasteiger partial charge in [0, 0.05) is 36.8 Å². The molecule has 0 saturated carbocycles. The second-order valence-electron chi connectivity index (χ2n) is 8.05. The molecule has 12 heteroatoms. The molecule has 2 N–H and O–H groups in total. The van der Waals surface area contributed by atoms with E-state index in [0.717, 1.165) is 29.5 Å². The number of H-pyrrole nitrogens is 1. The van der Waals surface area contributed by atoms with Crippen molar-refractivity contribution >= 4 is 12.0 Å². The van der Waals surface area contributed by atoms with Crippen molar-refractivity contribution in [3.05, 3.63) is 65.0 Å². The summed E-state index contributed by atoms with van der Waals surface area (Å²) in [6.45, 7) is 1.89. The largest absolute Gasteiger partial charge is 0.430 e. The van der Waals surface area contributed by atoms with Crippen molar-refractivity contribution in [1.82, 2.24) is 15.2 Å². The Morgan fingerprint density at radius 3 is 2.17 bits per heavy atom. The fourth-order valence-corrected chi connectivity index (χ4v) is 3.68. The second-order valence-corrected chi connectivity index (χ2v) is 8.05. The van der Waals surface area contributed by atoms with Crippen LogP contribution in [-0.4, -0.2) is 46.0 Å². The predicted octanol–water partition coefficient (Wildman–Crippen LogP) is 4.86. The van der Waals surface area contributed by atoms with Crippen molar-refractivity contribution in [3.63, 3.8) is 0 Å². The maximum absolute atomic E-state index is 13.1. The summed E-state index contributed by atoms with van der Waals surface area (Å²) in [6.07, 6.45) is -10.5. The van der Waals surface area contributed by atoms with Crippen LogP contribution in [0.5, 0.6) is 0 Å². The number of aliphatic hydroxyl groups is 1. The molecule has 1 aromatic heterocycles. The van der Waals surface area contributed by atoms with E-state index < -0.39 is 23.5 Å². The third-order valence-corrected chi connectivity index (χ3v) is 5.49. The Hall–Kier alpha value is -3.41. The van der Waals surface area contributed by atoms with Crippen molar-refractivity contribution in [2.45, 2.75) is 44.3 Å². The lowest BCUT2D eigenvalue weighted by molar-refractivity contribution is -0.376. The smallest absolute Gasteiger partial charge is 0.370 e. The standard InChI is InChI=1S/C23H22F6N4O2/c1-14-30-20(32-31-14)17-7-10-19(16(12-17)4-3-11-34)33(2)13-15-5-8-18(9-6-15)21(35,22(24,25)26)23(27,28)29/h5-12,35H,3-4,13H2,1-2H3,(H,30,31,32). The number of rotatable bonds is 8. The molecular formula is C23H22F6N4O2. The van der Waals surface area contributed by atoms with Gasteiger partial charge in [0.1, 0.15) is 12.1 Å². The van der Waals surface area contributed by atoms with E-state index in [1.807, 2.05) is 6.07 Å². The maximum Gasteiger partial charge on any atom is 0.430 e. The highest BCUT2D eigenvalue weighted by Gasteiger charge is 2.71. The Morgan fingerprint density at radius 1 is 1.03 bits per heavy atom. The monoisotopic (exact) mass is 500 g/mol. The Morgan fingerprint density at radius 2 is 1.66 bits per heavy atom. The first kappa shape index (κ1) is 26.2. The van der Waals surface area contributed by atoms with Crippen LogP contribution < -0.4 is 4.90 Å². The number of carbonyl (C=O) groups excluding carboxylic acids is 1. The van der Waals surface area contributed by atoms with E-state index in [2.05, 4.69) is 15.2 Å². The summed E-state index contributed by atoms with van der Waals surface area (Å²) in [5, 5.41) is 16.4. The summed E-state index contributed by atoms with van der Waals surface area (Å²) < 4.78 is 78.6. The molecule has 3 aromatic rings. The highest BCUT2D eigenvalue weighted by Crippen LogP contribution is 2.50. The van der Waals surface area contributed by atoms with Crippen LogP contribution in [0.15, 0.2) is 42.5 Å². The van der Waals surface area contributed by atoms with Crippen LogP contribution in [0.1, 0.15) is 28.9 Å². The number of anilines is 1. The third kappa shape index (κ3) is 5.31. The van der Waals surface area contributed by atoms with Crippen LogP contribution in [0.4, 0.5) is 32.0 Å². The molecule has 2 aromatic carbocycles. The summed E-state index contributed by atoms with van der Waals surface area (Å²) >= 11 is 0. The number of carbonyl (C=O) groups is 1. The Balaban J connectivity index is 1.87. The lowest BCUT2D eigenvalue weighted by Gasteiger charge is -2.32. The molecule has 0 bridgehead atoms. The number of nitrogens with zero attached hydrogens (tertiary/aromatic N) is 3. The van der Waals surface area contributed by atoms with Gasteiger partial charge in [0.2, 0.25) is 0 Å². The number of nitrogens with one attached hydrogen (secondary N) is 1. The number of hydrogen-bond acceptors (Lipinski definition) is 5. The van der Waals surface area contributed by atoms with Crippen LogP contribution >= 0.6 is 0 Å². The molecule has 0 aliphatic rings. The summed E-state index contributed by atoms with van der Waals surface area (Å²) in [5.74, 6) is 1.10. The maximum atomic E-state index is 13.1. The van der Waals surface area contributed by atoms with Crippen LogP contribution in [-0.2, 0) is 23.4 Å². The summed E-state index contributed by atoms with van der Waals surface area (Å²) in [7, 11) is 1.70. The molecule has 0 unspecified atom stereocenters. The average Bonchev–Trinajstić information content (AvgIpc) is 3.22. The SMILES string of the molecule is Cc1nc(-c2ccc(N(C)Cc3ccc(C(O)(C(F)(F)F)C(F)(F)F)cc3)c(CCC=O)c2)n[nH]1. The van der Waals surface area contributed by atoms with Gasteiger partial charge in [-0.3, -0.25) is 5.10 Å². The molecule has 3 rings (SSSR count). The van der Waals surface area contributed by atoms with Gasteiger partial charge in [0.05, 0.1) is 0 Å². The van der Waals surface area contributed by atoms with Gasteiger partial charge >= 0.3 is 12.4 Å². The van der Waals surface area contributed by atoms with Gasteiger partial charge in [-0.1, -0.05) is 24.3 Å². The van der Waals surface area contributed by atoms with Gasteiger partial charge in [-0.15, -0.1) is 0 Å². The van der Waals surface area contributed by atoms with E-state index in [0.29, 0.717) is 41.5 Å². The first-order chi connectivity index (χ1) is 16.3. The number of aryl methyl sites for hydroxylation is 2. The van der Waals surface area contributed by atoms with E-state index >= 15 is 0 Å². The average molecular weight is 500 g/mol. The number of aldehydes is 1. The zero-order valence-electron chi connectivity index (χ0n) is 18.7. The van der Waals surface area contributed by atoms with E-state index in [1.54, 1.807) is 31.0 Å². The molecule has 0 aliphatic carbocycles. The highest BCUT2D eigenvalue weighted by atomic mass is 19.4. The van der Waals surface area contributed by atoms with Gasteiger partial charge in [-0.2, -0.15) is 31.4 Å². The topological polar surface area (TPSA) is 82.1 Å². The van der Waals surface area contributed by atoms with Gasteiger partial charge < -0.3 is 14.8 Å². The van der Waals surface area contributed by atoms with Crippen molar-refractivity contribution in [2.75, 3.05) is 11.9 Å². The quantitative estimate of drug-likeness (QED) is 0.341. The second kappa shape index (κ2) is 9.68. The first-order valence-electron chi connectivity index (χ1n) is 10.4. The van der Waals surface area contributed by atoms with Crippen LogP contribution in [0.3, 0.4) is 0 Å². The molecule has 0 saturated heterocycles. The summed E-state index contributed by atoms with van der Waals surface area (Å²) in [6, 6.07) is 8.82. The fraction of sp³-hybridized carbons (Fsp3) is 0.348. The van der Waals surface area contributed by atoms with Crippen molar-refractivity contribution in [3.8, 4) is 11.4 Å². The van der Waals surface area contributed by atoms with Gasteiger partial charge in [-0.05, 0) is 42.7 Å². The van der Waals surface area contributed by atoms with Crippen LogP contribution in [0.25, 0.3) is 11.4 Å². The molecule has 0 amide bonds. The molecule has 0 atom stereocenters. The van der Waals surface area contributed by atoms with E-state index in [1.165, 1.54) is 0 Å². The van der Waals surface area contributed by atoms with Gasteiger partial charge in [-0.25, -0.2) is 4.98 Å². The number of hydrogen-bond donors (Lipinski definition) is 2. The number of aromatic nitrogens is 3. The van der Waals surface area contributed by atoms with Crippen molar-refractivity contribution in [1.29, 1.82) is 0 Å². The minimum Gasteiger partial charge on any atom is -0.370 e. The van der Waals surface area contributed by atoms with Gasteiger partial charge in [0.15, 0.2) is 5.82 Å². The first-order valence-corrected chi connectivity index (χ1v) is 10.4. The highest BCUT2D eigenvalue weighted by molar-refractivity contribution is 5.65. The summed E-state index contributed by atoms with van der Waals surface area (Å²) in [5.41, 5.74) is -3.65. The Bertz CT molecular complexity index is 1160. The molecule has 0 spiro atoms. The fourth-order valence-electron chi connectivity index (χ4n) is 3.68. The number of alkyl halides is 6. The number of halogens is 6. The number of benzene rings is 2. The van der Waals surface area contributed by atoms with Crippen LogP contribution in [0, 0.1) is 6.92 Å². The molecule has 6 nitrogen and oxygen atoms in total. The van der Waals surface area contributed by atoms with Crippen molar-refractivity contribution in [2.24, 2.45) is 0 Å². The molecule has 0 fully saturated rings. The Kier molecular flexibility index (Phi) is 7.25.